The highest BCUT2D eigenvalue weighted by molar-refractivity contribution is 14.0. The average molecular weight is 482 g/mol. The van der Waals surface area contributed by atoms with Crippen LogP contribution in [0.5, 0.6) is 0 Å². The van der Waals surface area contributed by atoms with Crippen molar-refractivity contribution >= 4 is 41.3 Å². The molecule has 0 saturated carbocycles. The topological polar surface area (TPSA) is 69.1 Å². The van der Waals surface area contributed by atoms with E-state index in [1.807, 2.05) is 13.8 Å². The first-order valence-corrected chi connectivity index (χ1v) is 9.54. The van der Waals surface area contributed by atoms with Gasteiger partial charge in [-0.15, -0.1) is 35.3 Å². The predicted molar refractivity (Wildman–Crippen MR) is 115 cm³/mol. The summed E-state index contributed by atoms with van der Waals surface area (Å²) in [5.41, 5.74) is -0.840. The van der Waals surface area contributed by atoms with Gasteiger partial charge < -0.3 is 20.5 Å². The zero-order valence-corrected chi connectivity index (χ0v) is 18.3. The summed E-state index contributed by atoms with van der Waals surface area (Å²) in [7, 11) is 0. The fourth-order valence-corrected chi connectivity index (χ4v) is 3.35. The quantitative estimate of drug-likeness (QED) is 0.298. The summed E-state index contributed by atoms with van der Waals surface area (Å²) in [6.07, 6.45) is 0.978. The molecule has 0 spiro atoms. The number of halogens is 1. The van der Waals surface area contributed by atoms with Crippen molar-refractivity contribution in [1.82, 2.24) is 15.5 Å². The number of nitrogens with one attached hydrogen (secondary N) is 2. The Morgan fingerprint density at radius 2 is 2.16 bits per heavy atom. The third kappa shape index (κ3) is 9.18. The van der Waals surface area contributed by atoms with Crippen LogP contribution in [0.4, 0.5) is 0 Å². The Bertz CT molecular complexity index is 491. The fraction of sp³-hybridized carbons (Fsp3) is 0.706. The summed E-state index contributed by atoms with van der Waals surface area (Å²) in [5, 5.41) is 19.3. The van der Waals surface area contributed by atoms with Gasteiger partial charge in [0.05, 0.1) is 25.4 Å². The number of aliphatic imine (C=N–C) groups is 1. The lowest BCUT2D eigenvalue weighted by Gasteiger charge is -2.33. The van der Waals surface area contributed by atoms with Crippen molar-refractivity contribution in [1.29, 1.82) is 0 Å². The summed E-state index contributed by atoms with van der Waals surface area (Å²) in [6.45, 7) is 9.75. The van der Waals surface area contributed by atoms with Crippen molar-refractivity contribution < 1.29 is 9.84 Å². The van der Waals surface area contributed by atoms with Crippen LogP contribution in [0, 0.1) is 0 Å². The van der Waals surface area contributed by atoms with Crippen molar-refractivity contribution in [2.75, 3.05) is 52.5 Å². The first kappa shape index (κ1) is 22.6. The van der Waals surface area contributed by atoms with Crippen LogP contribution < -0.4 is 10.6 Å². The van der Waals surface area contributed by atoms with Crippen molar-refractivity contribution in [3.05, 3.63) is 22.4 Å². The van der Waals surface area contributed by atoms with Crippen LogP contribution in [0.2, 0.25) is 0 Å². The van der Waals surface area contributed by atoms with E-state index in [4.69, 9.17) is 4.74 Å². The molecule has 0 bridgehead atoms. The Labute approximate surface area is 172 Å². The number of rotatable bonds is 8. The molecule has 8 heteroatoms. The molecule has 0 aromatic carbocycles. The number of aliphatic hydroxyl groups is 1. The molecule has 1 aromatic heterocycles. The molecule has 1 saturated heterocycles. The molecule has 3 N–H and O–H groups in total. The Hall–Kier alpha value is -0.420. The zero-order chi connectivity index (χ0) is 17.3. The van der Waals surface area contributed by atoms with Gasteiger partial charge in [0, 0.05) is 37.6 Å². The van der Waals surface area contributed by atoms with Gasteiger partial charge in [-0.3, -0.25) is 9.89 Å². The second-order valence-electron chi connectivity index (χ2n) is 6.34. The summed E-state index contributed by atoms with van der Waals surface area (Å²) in [5.74, 6) is 0.760. The highest BCUT2D eigenvalue weighted by Gasteiger charge is 2.25. The van der Waals surface area contributed by atoms with E-state index in [9.17, 15) is 5.11 Å². The summed E-state index contributed by atoms with van der Waals surface area (Å²) >= 11 is 1.77. The smallest absolute Gasteiger partial charge is 0.191 e. The summed E-state index contributed by atoms with van der Waals surface area (Å²) in [6, 6.07) is 4.21. The Kier molecular flexibility index (Phi) is 10.9. The average Bonchev–Trinajstić information content (AvgIpc) is 3.06. The van der Waals surface area contributed by atoms with Gasteiger partial charge >= 0.3 is 0 Å². The summed E-state index contributed by atoms with van der Waals surface area (Å²) < 4.78 is 5.35. The van der Waals surface area contributed by atoms with Crippen molar-refractivity contribution in [2.24, 2.45) is 4.99 Å². The number of morpholine rings is 1. The van der Waals surface area contributed by atoms with Crippen molar-refractivity contribution in [2.45, 2.75) is 25.9 Å². The van der Waals surface area contributed by atoms with E-state index in [0.29, 0.717) is 13.1 Å². The van der Waals surface area contributed by atoms with E-state index in [-0.39, 0.29) is 24.0 Å². The van der Waals surface area contributed by atoms with E-state index in [1.54, 1.807) is 11.3 Å². The maximum absolute atomic E-state index is 10.6. The SMILES string of the molecule is CCNC(=NCC(C)(O)CN1CCOCC1)NCCc1cccs1.I. The van der Waals surface area contributed by atoms with E-state index < -0.39 is 5.60 Å². The van der Waals surface area contributed by atoms with Crippen molar-refractivity contribution in [3.8, 4) is 0 Å². The minimum absolute atomic E-state index is 0. The van der Waals surface area contributed by atoms with Gasteiger partial charge in [-0.25, -0.2) is 0 Å². The molecular weight excluding hydrogens is 451 g/mol. The maximum Gasteiger partial charge on any atom is 0.191 e. The van der Waals surface area contributed by atoms with Crippen molar-refractivity contribution in [3.63, 3.8) is 0 Å². The lowest BCUT2D eigenvalue weighted by Crippen LogP contribution is -2.48. The molecule has 0 radical (unpaired) electrons. The number of thiophene rings is 1. The van der Waals surface area contributed by atoms with Crippen LogP contribution in [-0.4, -0.2) is 74.0 Å². The molecule has 144 valence electrons. The Morgan fingerprint density at radius 1 is 1.40 bits per heavy atom. The van der Waals surface area contributed by atoms with Gasteiger partial charge in [-0.1, -0.05) is 6.07 Å². The molecule has 1 fully saturated rings. The molecule has 1 aliphatic rings. The number of ether oxygens (including phenoxy) is 1. The molecule has 1 aliphatic heterocycles. The number of hydrogen-bond acceptors (Lipinski definition) is 5. The maximum atomic E-state index is 10.6. The largest absolute Gasteiger partial charge is 0.387 e. The van der Waals surface area contributed by atoms with E-state index in [1.165, 1.54) is 4.88 Å². The number of guanidine groups is 1. The second-order valence-corrected chi connectivity index (χ2v) is 7.37. The lowest BCUT2D eigenvalue weighted by atomic mass is 10.1. The monoisotopic (exact) mass is 482 g/mol. The molecular formula is C17H31IN4O2S. The van der Waals surface area contributed by atoms with Gasteiger partial charge in [-0.2, -0.15) is 0 Å². The lowest BCUT2D eigenvalue weighted by molar-refractivity contribution is -0.0179. The van der Waals surface area contributed by atoms with Crippen LogP contribution in [0.3, 0.4) is 0 Å². The van der Waals surface area contributed by atoms with Gasteiger partial charge in [0.2, 0.25) is 0 Å². The Balaban J connectivity index is 0.00000312. The molecule has 0 aliphatic carbocycles. The Morgan fingerprint density at radius 3 is 2.80 bits per heavy atom. The molecule has 1 unspecified atom stereocenters. The van der Waals surface area contributed by atoms with Crippen LogP contribution in [0.1, 0.15) is 18.7 Å². The number of hydrogen-bond donors (Lipinski definition) is 3. The van der Waals surface area contributed by atoms with E-state index in [2.05, 4.69) is 38.0 Å². The molecule has 25 heavy (non-hydrogen) atoms. The fourth-order valence-electron chi connectivity index (χ4n) is 2.64. The van der Waals surface area contributed by atoms with Gasteiger partial charge in [0.25, 0.3) is 0 Å². The third-order valence-electron chi connectivity index (χ3n) is 3.83. The molecule has 1 aromatic rings. The van der Waals surface area contributed by atoms with Crippen LogP contribution in [-0.2, 0) is 11.2 Å². The molecule has 6 nitrogen and oxygen atoms in total. The number of β-amino-alcohol motifs (C(OH)–C–C–N with tert-alkyl or cyclic N) is 1. The zero-order valence-electron chi connectivity index (χ0n) is 15.2. The molecule has 2 rings (SSSR count). The van der Waals surface area contributed by atoms with E-state index >= 15 is 0 Å². The third-order valence-corrected chi connectivity index (χ3v) is 4.77. The second kappa shape index (κ2) is 12.1. The first-order chi connectivity index (χ1) is 11.6. The standard InChI is InChI=1S/C17H30N4O2S.HI/c1-3-18-16(19-7-6-15-5-4-12-24-15)20-13-17(2,22)14-21-8-10-23-11-9-21;/h4-5,12,22H,3,6-11,13-14H2,1-2H3,(H2,18,19,20);1H. The summed E-state index contributed by atoms with van der Waals surface area (Å²) in [4.78, 5) is 8.15. The van der Waals surface area contributed by atoms with Gasteiger partial charge in [0.15, 0.2) is 5.96 Å². The molecule has 1 atom stereocenters. The van der Waals surface area contributed by atoms with Crippen LogP contribution in [0.15, 0.2) is 22.5 Å². The first-order valence-electron chi connectivity index (χ1n) is 8.66. The highest BCUT2D eigenvalue weighted by Crippen LogP contribution is 2.10. The van der Waals surface area contributed by atoms with E-state index in [0.717, 1.165) is 51.8 Å². The van der Waals surface area contributed by atoms with Gasteiger partial charge in [-0.05, 0) is 31.7 Å². The predicted octanol–water partition coefficient (Wildman–Crippen LogP) is 1.55. The highest BCUT2D eigenvalue weighted by atomic mass is 127. The normalized spacial score (nSPS) is 18.3. The van der Waals surface area contributed by atoms with Gasteiger partial charge in [0.1, 0.15) is 0 Å². The molecule has 0 amide bonds. The number of nitrogens with zero attached hydrogens (tertiary/aromatic N) is 2. The minimum atomic E-state index is -0.840. The van der Waals surface area contributed by atoms with Crippen LogP contribution in [0.25, 0.3) is 0 Å². The van der Waals surface area contributed by atoms with Crippen LogP contribution >= 0.6 is 35.3 Å². The molecule has 2 heterocycles. The minimum Gasteiger partial charge on any atom is -0.387 e.